The number of hydrogen-bond donors (Lipinski definition) is 1. The fourth-order valence-corrected chi connectivity index (χ4v) is 3.52. The van der Waals surface area contributed by atoms with Crippen LogP contribution in [0.25, 0.3) is 0 Å². The van der Waals surface area contributed by atoms with Crippen LogP contribution in [0.2, 0.25) is 0 Å². The molecule has 2 aliphatic rings. The lowest BCUT2D eigenvalue weighted by Crippen LogP contribution is -2.60. The van der Waals surface area contributed by atoms with Crippen LogP contribution < -0.4 is 0 Å². The Hall–Kier alpha value is -1.18. The van der Waals surface area contributed by atoms with Crippen molar-refractivity contribution in [2.24, 2.45) is 5.92 Å². The highest BCUT2D eigenvalue weighted by atomic mass is 16.8. The van der Waals surface area contributed by atoms with E-state index in [1.807, 2.05) is 25.7 Å². The van der Waals surface area contributed by atoms with Gasteiger partial charge in [-0.05, 0) is 59.3 Å². The highest BCUT2D eigenvalue weighted by molar-refractivity contribution is 5.78. The van der Waals surface area contributed by atoms with Gasteiger partial charge in [0.15, 0.2) is 0 Å². The number of carboxylic acids is 1. The third-order valence-corrected chi connectivity index (χ3v) is 4.81. The van der Waals surface area contributed by atoms with Crippen molar-refractivity contribution in [3.63, 3.8) is 0 Å². The predicted molar refractivity (Wildman–Crippen MR) is 90.9 cm³/mol. The minimum absolute atomic E-state index is 0.219. The molecule has 0 amide bonds. The molecule has 0 spiro atoms. The van der Waals surface area contributed by atoms with Gasteiger partial charge in [-0.1, -0.05) is 0 Å². The summed E-state index contributed by atoms with van der Waals surface area (Å²) >= 11 is 0. The van der Waals surface area contributed by atoms with E-state index in [4.69, 9.17) is 19.3 Å². The van der Waals surface area contributed by atoms with E-state index >= 15 is 0 Å². The van der Waals surface area contributed by atoms with Crippen LogP contribution in [0.4, 0.5) is 0 Å². The molecule has 1 N–H and O–H groups in total. The second kappa shape index (κ2) is 8.01. The third kappa shape index (κ3) is 4.92. The van der Waals surface area contributed by atoms with Crippen molar-refractivity contribution in [3.8, 4) is 0 Å². The number of methoxy groups -OCH3 is 1. The predicted octanol–water partition coefficient (Wildman–Crippen LogP) is 2.38. The Labute approximate surface area is 149 Å². The van der Waals surface area contributed by atoms with Crippen LogP contribution in [0.1, 0.15) is 59.3 Å². The number of hydrogen-bond acceptors (Lipinski definition) is 6. The average Bonchev–Trinajstić information content (AvgIpc) is 3.06. The standard InChI is InChI=1S/C18H31NO6/c1-17(2,3)25-16(22)18(23-4,19-11-5-6-12-19)24-14-9-7-13(8-10-14)15(20)21/h13-14H,5-12H2,1-4H3,(H,20,21). The maximum absolute atomic E-state index is 12.9. The number of nitrogens with zero attached hydrogens (tertiary/aromatic N) is 1. The second-order valence-corrected chi connectivity index (χ2v) is 7.91. The Morgan fingerprint density at radius 2 is 1.60 bits per heavy atom. The summed E-state index contributed by atoms with van der Waals surface area (Å²) in [6.07, 6.45) is 4.02. The summed E-state index contributed by atoms with van der Waals surface area (Å²) in [6, 6.07) is 0. The largest absolute Gasteiger partial charge is 0.481 e. The van der Waals surface area contributed by atoms with E-state index in [0.717, 1.165) is 12.8 Å². The molecular formula is C18H31NO6. The van der Waals surface area contributed by atoms with Crippen molar-refractivity contribution in [2.45, 2.75) is 76.9 Å². The van der Waals surface area contributed by atoms with Crippen molar-refractivity contribution < 1.29 is 28.9 Å². The van der Waals surface area contributed by atoms with Crippen molar-refractivity contribution >= 4 is 11.9 Å². The number of esters is 1. The SMILES string of the molecule is COC(OC1CCC(C(=O)O)CC1)(C(=O)OC(C)(C)C)N1CCCC1. The fraction of sp³-hybridized carbons (Fsp3) is 0.889. The van der Waals surface area contributed by atoms with E-state index in [1.165, 1.54) is 7.11 Å². The molecule has 0 aromatic carbocycles. The van der Waals surface area contributed by atoms with Gasteiger partial charge in [0.1, 0.15) is 5.60 Å². The molecule has 2 fully saturated rings. The summed E-state index contributed by atoms with van der Waals surface area (Å²) in [6.45, 7) is 6.85. The molecule has 0 aromatic heterocycles. The average molecular weight is 357 g/mol. The van der Waals surface area contributed by atoms with Gasteiger partial charge in [0, 0.05) is 20.2 Å². The molecule has 1 aliphatic heterocycles. The van der Waals surface area contributed by atoms with Crippen LogP contribution in [0.15, 0.2) is 0 Å². The van der Waals surface area contributed by atoms with Crippen LogP contribution in [0, 0.1) is 5.92 Å². The van der Waals surface area contributed by atoms with Gasteiger partial charge in [0.25, 0.3) is 0 Å². The van der Waals surface area contributed by atoms with Crippen molar-refractivity contribution in [1.82, 2.24) is 4.90 Å². The Kier molecular flexibility index (Phi) is 6.45. The minimum Gasteiger partial charge on any atom is -0.481 e. The second-order valence-electron chi connectivity index (χ2n) is 7.91. The van der Waals surface area contributed by atoms with E-state index in [1.54, 1.807) is 0 Å². The van der Waals surface area contributed by atoms with Crippen molar-refractivity contribution in [2.75, 3.05) is 20.2 Å². The van der Waals surface area contributed by atoms with E-state index < -0.39 is 23.5 Å². The maximum atomic E-state index is 12.9. The molecule has 7 heteroatoms. The summed E-state index contributed by atoms with van der Waals surface area (Å²) in [5.74, 6) is -3.18. The first kappa shape index (κ1) is 20.1. The Balaban J connectivity index is 2.14. The van der Waals surface area contributed by atoms with Crippen LogP contribution in [-0.2, 0) is 23.8 Å². The fourth-order valence-electron chi connectivity index (χ4n) is 3.52. The van der Waals surface area contributed by atoms with Gasteiger partial charge < -0.3 is 19.3 Å². The molecule has 1 unspecified atom stereocenters. The molecular weight excluding hydrogens is 326 g/mol. The van der Waals surface area contributed by atoms with Gasteiger partial charge >= 0.3 is 17.8 Å². The molecule has 7 nitrogen and oxygen atoms in total. The van der Waals surface area contributed by atoms with Crippen LogP contribution in [-0.4, -0.2) is 59.8 Å². The zero-order valence-corrected chi connectivity index (χ0v) is 15.7. The molecule has 0 bridgehead atoms. The monoisotopic (exact) mass is 357 g/mol. The molecule has 1 saturated heterocycles. The minimum atomic E-state index is -1.55. The van der Waals surface area contributed by atoms with Gasteiger partial charge in [0.2, 0.25) is 0 Å². The highest BCUT2D eigenvalue weighted by Crippen LogP contribution is 2.34. The number of ether oxygens (including phenoxy) is 3. The first-order valence-corrected chi connectivity index (χ1v) is 9.12. The number of carboxylic acid groups (broad SMARTS) is 1. The lowest BCUT2D eigenvalue weighted by atomic mass is 9.87. The van der Waals surface area contributed by atoms with Gasteiger partial charge in [-0.2, -0.15) is 0 Å². The topological polar surface area (TPSA) is 85.3 Å². The smallest absolute Gasteiger partial charge is 0.384 e. The Morgan fingerprint density at radius 1 is 1.04 bits per heavy atom. The lowest BCUT2D eigenvalue weighted by molar-refractivity contribution is -0.318. The quantitative estimate of drug-likeness (QED) is 0.577. The number of carbonyl (C=O) groups excluding carboxylic acids is 1. The molecule has 1 aliphatic carbocycles. The number of rotatable bonds is 6. The van der Waals surface area contributed by atoms with E-state index in [9.17, 15) is 9.59 Å². The molecule has 1 heterocycles. The van der Waals surface area contributed by atoms with E-state index in [0.29, 0.717) is 38.8 Å². The maximum Gasteiger partial charge on any atom is 0.384 e. The Bertz CT molecular complexity index is 474. The highest BCUT2D eigenvalue weighted by Gasteiger charge is 2.52. The third-order valence-electron chi connectivity index (χ3n) is 4.81. The zero-order valence-electron chi connectivity index (χ0n) is 15.7. The summed E-state index contributed by atoms with van der Waals surface area (Å²) in [4.78, 5) is 26.0. The molecule has 144 valence electrons. The number of carbonyl (C=O) groups is 2. The van der Waals surface area contributed by atoms with Gasteiger partial charge in [0.05, 0.1) is 12.0 Å². The number of aliphatic carboxylic acids is 1. The van der Waals surface area contributed by atoms with E-state index in [-0.39, 0.29) is 12.0 Å². The van der Waals surface area contributed by atoms with E-state index in [2.05, 4.69) is 0 Å². The van der Waals surface area contributed by atoms with Crippen LogP contribution >= 0.6 is 0 Å². The normalized spacial score (nSPS) is 27.7. The summed E-state index contributed by atoms with van der Waals surface area (Å²) in [5, 5.41) is 9.14. The summed E-state index contributed by atoms with van der Waals surface area (Å²) in [5.41, 5.74) is -0.648. The summed E-state index contributed by atoms with van der Waals surface area (Å²) < 4.78 is 17.4. The molecule has 0 aromatic rings. The lowest BCUT2D eigenvalue weighted by Gasteiger charge is -2.42. The van der Waals surface area contributed by atoms with Crippen LogP contribution in [0.3, 0.4) is 0 Å². The molecule has 1 atom stereocenters. The summed E-state index contributed by atoms with van der Waals surface area (Å²) in [7, 11) is 1.46. The zero-order chi connectivity index (χ0) is 18.7. The first-order chi connectivity index (χ1) is 11.7. The molecule has 2 rings (SSSR count). The Morgan fingerprint density at radius 3 is 2.04 bits per heavy atom. The van der Waals surface area contributed by atoms with Gasteiger partial charge in [-0.15, -0.1) is 0 Å². The van der Waals surface area contributed by atoms with Gasteiger partial charge in [-0.25, -0.2) is 9.69 Å². The molecule has 0 radical (unpaired) electrons. The van der Waals surface area contributed by atoms with Gasteiger partial charge in [-0.3, -0.25) is 4.79 Å². The van der Waals surface area contributed by atoms with Crippen molar-refractivity contribution in [3.05, 3.63) is 0 Å². The number of likely N-dealkylation sites (tertiary alicyclic amines) is 1. The van der Waals surface area contributed by atoms with Crippen LogP contribution in [0.5, 0.6) is 0 Å². The van der Waals surface area contributed by atoms with Crippen molar-refractivity contribution in [1.29, 1.82) is 0 Å². The molecule has 1 saturated carbocycles. The first-order valence-electron chi connectivity index (χ1n) is 9.12. The molecule has 25 heavy (non-hydrogen) atoms.